The van der Waals surface area contributed by atoms with Gasteiger partial charge in [-0.3, -0.25) is 9.59 Å². The molecule has 0 saturated carbocycles. The van der Waals surface area contributed by atoms with Gasteiger partial charge in [0, 0.05) is 13.0 Å². The predicted octanol–water partition coefficient (Wildman–Crippen LogP) is 2.20. The second kappa shape index (κ2) is 7.43. The van der Waals surface area contributed by atoms with Crippen LogP contribution in [0.4, 0.5) is 0 Å². The van der Waals surface area contributed by atoms with Crippen LogP contribution in [-0.4, -0.2) is 18.2 Å². The lowest BCUT2D eigenvalue weighted by atomic mass is 10.1. The van der Waals surface area contributed by atoms with E-state index in [1.165, 1.54) is 25.7 Å². The Labute approximate surface area is 91.6 Å². The van der Waals surface area contributed by atoms with Gasteiger partial charge in [0.15, 0.2) is 0 Å². The van der Waals surface area contributed by atoms with Crippen LogP contribution in [0, 0.1) is 0 Å². The normalized spacial score (nSPS) is 22.1. The van der Waals surface area contributed by atoms with Crippen molar-refractivity contribution in [2.75, 3.05) is 6.54 Å². The number of carbonyl (C=O) groups excluding carboxylic acids is 2. The van der Waals surface area contributed by atoms with Crippen molar-refractivity contribution in [3.8, 4) is 0 Å². The molecule has 0 bridgehead atoms. The molecule has 15 heavy (non-hydrogen) atoms. The highest BCUT2D eigenvalue weighted by atomic mass is 16.2. The third-order valence-electron chi connectivity index (χ3n) is 2.81. The second-order valence-electron chi connectivity index (χ2n) is 4.29. The summed E-state index contributed by atoms with van der Waals surface area (Å²) < 4.78 is 0. The van der Waals surface area contributed by atoms with Crippen molar-refractivity contribution in [3.05, 3.63) is 0 Å². The largest absolute Gasteiger partial charge is 0.356 e. The van der Waals surface area contributed by atoms with E-state index in [1.807, 2.05) is 0 Å². The molecule has 1 fully saturated rings. The highest BCUT2D eigenvalue weighted by molar-refractivity contribution is 5.97. The van der Waals surface area contributed by atoms with E-state index in [4.69, 9.17) is 0 Å². The van der Waals surface area contributed by atoms with Gasteiger partial charge in [0.05, 0.1) is 6.42 Å². The SMILES string of the molecule is O=C1CCCCCCCCCNC(=O)C1. The highest BCUT2D eigenvalue weighted by Gasteiger charge is 2.08. The van der Waals surface area contributed by atoms with Crippen molar-refractivity contribution in [2.45, 2.75) is 57.8 Å². The number of amides is 1. The zero-order valence-corrected chi connectivity index (χ0v) is 9.39. The van der Waals surface area contributed by atoms with E-state index in [1.54, 1.807) is 0 Å². The molecular weight excluding hydrogens is 190 g/mol. The van der Waals surface area contributed by atoms with Crippen LogP contribution in [0.3, 0.4) is 0 Å². The van der Waals surface area contributed by atoms with E-state index in [9.17, 15) is 9.59 Å². The van der Waals surface area contributed by atoms with Crippen molar-refractivity contribution in [1.82, 2.24) is 5.32 Å². The Hall–Kier alpha value is -0.860. The van der Waals surface area contributed by atoms with Crippen LogP contribution < -0.4 is 5.32 Å². The topological polar surface area (TPSA) is 46.2 Å². The molecule has 1 aliphatic rings. The summed E-state index contributed by atoms with van der Waals surface area (Å²) in [5.74, 6) is -0.00834. The maximum Gasteiger partial charge on any atom is 0.227 e. The molecule has 3 heteroatoms. The highest BCUT2D eigenvalue weighted by Crippen LogP contribution is 2.09. The summed E-state index contributed by atoms with van der Waals surface area (Å²) in [6.07, 6.45) is 8.72. The Morgan fingerprint density at radius 2 is 1.40 bits per heavy atom. The molecule has 3 nitrogen and oxygen atoms in total. The summed E-state index contributed by atoms with van der Waals surface area (Å²) in [5, 5.41) is 2.79. The van der Waals surface area contributed by atoms with Gasteiger partial charge in [-0.2, -0.15) is 0 Å². The van der Waals surface area contributed by atoms with Gasteiger partial charge in [-0.1, -0.05) is 32.1 Å². The van der Waals surface area contributed by atoms with Crippen molar-refractivity contribution in [1.29, 1.82) is 0 Å². The number of hydrogen-bond acceptors (Lipinski definition) is 2. The van der Waals surface area contributed by atoms with Crippen LogP contribution in [0.2, 0.25) is 0 Å². The van der Waals surface area contributed by atoms with Crippen LogP contribution in [0.1, 0.15) is 57.8 Å². The third kappa shape index (κ3) is 6.26. The Morgan fingerprint density at radius 3 is 2.13 bits per heavy atom. The lowest BCUT2D eigenvalue weighted by Crippen LogP contribution is -2.26. The summed E-state index contributed by atoms with van der Waals surface area (Å²) in [6, 6.07) is 0. The van der Waals surface area contributed by atoms with Gasteiger partial charge < -0.3 is 5.32 Å². The average molecular weight is 211 g/mol. The Morgan fingerprint density at radius 1 is 0.800 bits per heavy atom. The molecule has 0 aliphatic carbocycles. The lowest BCUT2D eigenvalue weighted by Gasteiger charge is -2.03. The Balaban J connectivity index is 2.29. The molecule has 1 amide bonds. The summed E-state index contributed by atoms with van der Waals surface area (Å²) in [7, 11) is 0. The number of carbonyl (C=O) groups is 2. The Bertz CT molecular complexity index is 192. The zero-order chi connectivity index (χ0) is 10.9. The molecular formula is C12H21NO2. The first-order valence-corrected chi connectivity index (χ1v) is 6.07. The maximum absolute atomic E-state index is 11.3. The minimum absolute atomic E-state index is 0.0833. The number of nitrogens with one attached hydrogen (secondary N) is 1. The van der Waals surface area contributed by atoms with Crippen LogP contribution in [-0.2, 0) is 9.59 Å². The quantitative estimate of drug-likeness (QED) is 0.624. The van der Waals surface area contributed by atoms with Gasteiger partial charge in [-0.05, 0) is 12.8 Å². The lowest BCUT2D eigenvalue weighted by molar-refractivity contribution is -0.128. The van der Waals surface area contributed by atoms with Gasteiger partial charge in [-0.15, -0.1) is 0 Å². The van der Waals surface area contributed by atoms with Crippen molar-refractivity contribution in [3.63, 3.8) is 0 Å². The summed E-state index contributed by atoms with van der Waals surface area (Å²) in [4.78, 5) is 22.6. The first-order chi connectivity index (χ1) is 7.29. The van der Waals surface area contributed by atoms with Crippen LogP contribution in [0.5, 0.6) is 0 Å². The van der Waals surface area contributed by atoms with E-state index in [0.717, 1.165) is 25.8 Å². The fraction of sp³-hybridized carbons (Fsp3) is 0.833. The van der Waals surface area contributed by atoms with E-state index in [0.29, 0.717) is 6.42 Å². The molecule has 0 atom stereocenters. The average Bonchev–Trinajstić information content (AvgIpc) is 2.21. The van der Waals surface area contributed by atoms with Crippen molar-refractivity contribution in [2.24, 2.45) is 0 Å². The van der Waals surface area contributed by atoms with E-state index in [2.05, 4.69) is 5.32 Å². The van der Waals surface area contributed by atoms with Gasteiger partial charge in [0.1, 0.15) is 5.78 Å². The number of hydrogen-bond donors (Lipinski definition) is 1. The molecule has 0 unspecified atom stereocenters. The molecule has 0 aromatic carbocycles. The first-order valence-electron chi connectivity index (χ1n) is 6.07. The molecule has 1 aliphatic heterocycles. The van der Waals surface area contributed by atoms with Crippen molar-refractivity contribution >= 4 is 11.7 Å². The molecule has 0 radical (unpaired) electrons. The first kappa shape index (κ1) is 12.2. The fourth-order valence-corrected chi connectivity index (χ4v) is 1.89. The van der Waals surface area contributed by atoms with Gasteiger partial charge in [0.25, 0.3) is 0 Å². The van der Waals surface area contributed by atoms with Crippen LogP contribution >= 0.6 is 0 Å². The summed E-state index contributed by atoms with van der Waals surface area (Å²) in [5.41, 5.74) is 0. The summed E-state index contributed by atoms with van der Waals surface area (Å²) in [6.45, 7) is 0.728. The molecule has 1 saturated heterocycles. The number of rotatable bonds is 0. The monoisotopic (exact) mass is 211 g/mol. The van der Waals surface area contributed by atoms with Gasteiger partial charge in [0.2, 0.25) is 5.91 Å². The predicted molar refractivity (Wildman–Crippen MR) is 59.6 cm³/mol. The minimum atomic E-state index is -0.0979. The maximum atomic E-state index is 11.3. The molecule has 1 N–H and O–H groups in total. The van der Waals surface area contributed by atoms with E-state index >= 15 is 0 Å². The van der Waals surface area contributed by atoms with Gasteiger partial charge in [-0.25, -0.2) is 0 Å². The molecule has 86 valence electrons. The molecule has 1 rings (SSSR count). The van der Waals surface area contributed by atoms with E-state index < -0.39 is 0 Å². The van der Waals surface area contributed by atoms with Crippen LogP contribution in [0.25, 0.3) is 0 Å². The molecule has 0 aromatic rings. The second-order valence-corrected chi connectivity index (χ2v) is 4.29. The third-order valence-corrected chi connectivity index (χ3v) is 2.81. The Kier molecular flexibility index (Phi) is 6.05. The summed E-state index contributed by atoms with van der Waals surface area (Å²) >= 11 is 0. The standard InChI is InChI=1S/C12H21NO2/c14-11-8-6-4-2-1-3-5-7-9-13-12(15)10-11/h1-10H2,(H,13,15). The number of Topliss-reactive ketones (excluding diaryl/α,β-unsaturated/α-hetero) is 1. The van der Waals surface area contributed by atoms with E-state index in [-0.39, 0.29) is 18.1 Å². The molecule has 0 spiro atoms. The zero-order valence-electron chi connectivity index (χ0n) is 9.39. The van der Waals surface area contributed by atoms with Crippen LogP contribution in [0.15, 0.2) is 0 Å². The van der Waals surface area contributed by atoms with Gasteiger partial charge >= 0.3 is 0 Å². The smallest absolute Gasteiger partial charge is 0.227 e. The number of ketones is 1. The molecule has 1 heterocycles. The fourth-order valence-electron chi connectivity index (χ4n) is 1.89. The minimum Gasteiger partial charge on any atom is -0.356 e. The molecule has 0 aromatic heterocycles. The van der Waals surface area contributed by atoms with Crippen molar-refractivity contribution < 1.29 is 9.59 Å².